The molecule has 0 unspecified atom stereocenters. The van der Waals surface area contributed by atoms with Crippen LogP contribution in [-0.2, 0) is 0 Å². The average molecular weight is 423 g/mol. The third kappa shape index (κ3) is 4.10. The van der Waals surface area contributed by atoms with Crippen molar-refractivity contribution in [1.82, 2.24) is 4.98 Å². The molecule has 3 aromatic rings. The number of methoxy groups -OCH3 is 1. The fraction of sp³-hybridized carbons (Fsp3) is 0.375. The standard InChI is InChI=1S/C24H26N2O3S/c1-27-24-26-14-23(30-24)19-3-2-4-20(11-19)25-13-16-5-7-17(8-6-16)18-9-10-21-22(12-18)29-15-28-21/h2-4,9-12,14,16-17,25H,5-8,13,15H2,1H3. The molecule has 0 saturated heterocycles. The smallest absolute Gasteiger partial charge is 0.273 e. The molecule has 0 bridgehead atoms. The lowest BCUT2D eigenvalue weighted by molar-refractivity contribution is 0.174. The van der Waals surface area contributed by atoms with Crippen molar-refractivity contribution in [2.45, 2.75) is 31.6 Å². The van der Waals surface area contributed by atoms with Gasteiger partial charge in [-0.1, -0.05) is 29.5 Å². The van der Waals surface area contributed by atoms with E-state index in [1.165, 1.54) is 36.8 Å². The summed E-state index contributed by atoms with van der Waals surface area (Å²) in [5.41, 5.74) is 3.73. The molecule has 1 N–H and O–H groups in total. The predicted molar refractivity (Wildman–Crippen MR) is 120 cm³/mol. The summed E-state index contributed by atoms with van der Waals surface area (Å²) >= 11 is 1.57. The number of thiazole rings is 1. The Morgan fingerprint density at radius 3 is 2.77 bits per heavy atom. The third-order valence-corrected chi connectivity index (χ3v) is 7.12. The Labute approximate surface area is 181 Å². The zero-order valence-corrected chi connectivity index (χ0v) is 17.9. The number of nitrogens with zero attached hydrogens (tertiary/aromatic N) is 1. The first-order valence-corrected chi connectivity index (χ1v) is 11.3. The lowest BCUT2D eigenvalue weighted by Crippen LogP contribution is -2.20. The minimum Gasteiger partial charge on any atom is -0.473 e. The number of benzene rings is 2. The van der Waals surface area contributed by atoms with Gasteiger partial charge in [0.15, 0.2) is 11.5 Å². The summed E-state index contributed by atoms with van der Waals surface area (Å²) in [6.45, 7) is 1.36. The van der Waals surface area contributed by atoms with E-state index >= 15 is 0 Å². The van der Waals surface area contributed by atoms with Crippen LogP contribution in [0.1, 0.15) is 37.2 Å². The molecule has 1 aliphatic carbocycles. The fourth-order valence-corrected chi connectivity index (χ4v) is 5.12. The molecule has 2 aromatic carbocycles. The SMILES string of the molecule is COc1ncc(-c2cccc(NCC3CCC(c4ccc5c(c4)OCO5)CC3)c2)s1. The maximum atomic E-state index is 5.55. The third-order valence-electron chi connectivity index (χ3n) is 6.12. The summed E-state index contributed by atoms with van der Waals surface area (Å²) in [6, 6.07) is 15.0. The largest absolute Gasteiger partial charge is 0.473 e. The normalized spacial score (nSPS) is 20.2. The van der Waals surface area contributed by atoms with Crippen LogP contribution in [0.2, 0.25) is 0 Å². The van der Waals surface area contributed by atoms with Crippen LogP contribution in [0, 0.1) is 5.92 Å². The van der Waals surface area contributed by atoms with Crippen molar-refractivity contribution < 1.29 is 14.2 Å². The number of ether oxygens (including phenoxy) is 3. The fourth-order valence-electron chi connectivity index (χ4n) is 4.40. The van der Waals surface area contributed by atoms with E-state index in [0.29, 0.717) is 23.8 Å². The summed E-state index contributed by atoms with van der Waals surface area (Å²) in [4.78, 5) is 5.40. The molecule has 1 aromatic heterocycles. The van der Waals surface area contributed by atoms with Gasteiger partial charge in [0.25, 0.3) is 5.19 Å². The Bertz CT molecular complexity index is 1010. The summed E-state index contributed by atoms with van der Waals surface area (Å²) < 4.78 is 16.2. The van der Waals surface area contributed by atoms with Gasteiger partial charge in [-0.15, -0.1) is 0 Å². The molecule has 156 valence electrons. The molecule has 2 heterocycles. The van der Waals surface area contributed by atoms with E-state index in [-0.39, 0.29) is 0 Å². The minimum atomic E-state index is 0.342. The van der Waals surface area contributed by atoms with Crippen molar-refractivity contribution >= 4 is 17.0 Å². The van der Waals surface area contributed by atoms with Gasteiger partial charge in [-0.3, -0.25) is 0 Å². The number of rotatable bonds is 6. The second kappa shape index (κ2) is 8.56. The minimum absolute atomic E-state index is 0.342. The number of hydrogen-bond donors (Lipinski definition) is 1. The van der Waals surface area contributed by atoms with Gasteiger partial charge < -0.3 is 19.5 Å². The summed E-state index contributed by atoms with van der Waals surface area (Å²) in [5.74, 6) is 3.10. The van der Waals surface area contributed by atoms with Crippen LogP contribution < -0.4 is 19.5 Å². The first kappa shape index (κ1) is 19.2. The number of anilines is 1. The number of hydrogen-bond acceptors (Lipinski definition) is 6. The average Bonchev–Trinajstić information content (AvgIpc) is 3.47. The molecule has 0 amide bonds. The molecule has 2 aliphatic rings. The Hall–Kier alpha value is -2.73. The number of fused-ring (bicyclic) bond motifs is 1. The molecule has 1 fully saturated rings. The first-order chi connectivity index (χ1) is 14.8. The molecule has 1 saturated carbocycles. The second-order valence-corrected chi connectivity index (χ2v) is 8.98. The van der Waals surface area contributed by atoms with Crippen molar-refractivity contribution in [3.05, 3.63) is 54.2 Å². The van der Waals surface area contributed by atoms with Crippen molar-refractivity contribution in [3.8, 4) is 27.1 Å². The predicted octanol–water partition coefficient (Wildman–Crippen LogP) is 5.93. The van der Waals surface area contributed by atoms with E-state index < -0.39 is 0 Å². The topological polar surface area (TPSA) is 52.6 Å². The van der Waals surface area contributed by atoms with Crippen molar-refractivity contribution in [2.24, 2.45) is 5.92 Å². The summed E-state index contributed by atoms with van der Waals surface area (Å²) in [6.07, 6.45) is 6.83. The van der Waals surface area contributed by atoms with Crippen LogP contribution in [0.3, 0.4) is 0 Å². The molecule has 5 rings (SSSR count). The van der Waals surface area contributed by atoms with Gasteiger partial charge >= 0.3 is 0 Å². The second-order valence-electron chi connectivity index (χ2n) is 7.99. The lowest BCUT2D eigenvalue weighted by Gasteiger charge is -2.29. The van der Waals surface area contributed by atoms with Crippen LogP contribution >= 0.6 is 11.3 Å². The molecule has 0 radical (unpaired) electrons. The van der Waals surface area contributed by atoms with Crippen LogP contribution in [0.15, 0.2) is 48.7 Å². The van der Waals surface area contributed by atoms with E-state index in [9.17, 15) is 0 Å². The number of aromatic nitrogens is 1. The van der Waals surface area contributed by atoms with Gasteiger partial charge in [0, 0.05) is 18.4 Å². The molecule has 6 heteroatoms. The Morgan fingerprint density at radius 2 is 1.93 bits per heavy atom. The van der Waals surface area contributed by atoms with Crippen LogP contribution in [0.5, 0.6) is 16.7 Å². The molecule has 1 aliphatic heterocycles. The van der Waals surface area contributed by atoms with E-state index in [2.05, 4.69) is 52.8 Å². The molecular formula is C24H26N2O3S. The highest BCUT2D eigenvalue weighted by Gasteiger charge is 2.24. The van der Waals surface area contributed by atoms with Crippen molar-refractivity contribution in [3.63, 3.8) is 0 Å². The van der Waals surface area contributed by atoms with E-state index in [1.807, 2.05) is 6.20 Å². The van der Waals surface area contributed by atoms with Crippen molar-refractivity contribution in [2.75, 3.05) is 25.8 Å². The van der Waals surface area contributed by atoms with Gasteiger partial charge in [-0.25, -0.2) is 4.98 Å². The van der Waals surface area contributed by atoms with Gasteiger partial charge in [-0.2, -0.15) is 0 Å². The lowest BCUT2D eigenvalue weighted by atomic mass is 9.78. The summed E-state index contributed by atoms with van der Waals surface area (Å²) in [7, 11) is 1.65. The van der Waals surface area contributed by atoms with E-state index in [1.54, 1.807) is 18.4 Å². The summed E-state index contributed by atoms with van der Waals surface area (Å²) in [5, 5.41) is 4.35. The highest BCUT2D eigenvalue weighted by atomic mass is 32.1. The van der Waals surface area contributed by atoms with Gasteiger partial charge in [0.1, 0.15) is 0 Å². The maximum absolute atomic E-state index is 5.55. The maximum Gasteiger partial charge on any atom is 0.273 e. The molecule has 30 heavy (non-hydrogen) atoms. The highest BCUT2D eigenvalue weighted by Crippen LogP contribution is 2.40. The van der Waals surface area contributed by atoms with Crippen LogP contribution in [0.4, 0.5) is 5.69 Å². The van der Waals surface area contributed by atoms with E-state index in [0.717, 1.165) is 28.6 Å². The highest BCUT2D eigenvalue weighted by molar-refractivity contribution is 7.16. The van der Waals surface area contributed by atoms with Crippen LogP contribution in [0.25, 0.3) is 10.4 Å². The Kier molecular flexibility index (Phi) is 5.49. The molecule has 5 nitrogen and oxygen atoms in total. The number of nitrogens with one attached hydrogen (secondary N) is 1. The molecule has 0 atom stereocenters. The Balaban J connectivity index is 1.15. The van der Waals surface area contributed by atoms with Gasteiger partial charge in [-0.05, 0) is 72.9 Å². The first-order valence-electron chi connectivity index (χ1n) is 10.5. The zero-order chi connectivity index (χ0) is 20.3. The quantitative estimate of drug-likeness (QED) is 0.533. The molecule has 0 spiro atoms. The van der Waals surface area contributed by atoms with Gasteiger partial charge in [0.2, 0.25) is 6.79 Å². The van der Waals surface area contributed by atoms with Crippen LogP contribution in [-0.4, -0.2) is 25.4 Å². The van der Waals surface area contributed by atoms with Gasteiger partial charge in [0.05, 0.1) is 12.0 Å². The monoisotopic (exact) mass is 422 g/mol. The Morgan fingerprint density at radius 1 is 1.07 bits per heavy atom. The van der Waals surface area contributed by atoms with E-state index in [4.69, 9.17) is 14.2 Å². The van der Waals surface area contributed by atoms with Crippen molar-refractivity contribution in [1.29, 1.82) is 0 Å². The zero-order valence-electron chi connectivity index (χ0n) is 17.1. The molecular weight excluding hydrogens is 396 g/mol.